The van der Waals surface area contributed by atoms with Crippen molar-refractivity contribution in [3.8, 4) is 6.07 Å². The highest BCUT2D eigenvalue weighted by Gasteiger charge is 2.25. The SMILES string of the molecule is CC(c1nccs1)N1CCN(c2ncc(C#N)cc2Cl)CC1. The van der Waals surface area contributed by atoms with Crippen LogP contribution in [0.1, 0.15) is 23.5 Å². The summed E-state index contributed by atoms with van der Waals surface area (Å²) in [5, 5.41) is 12.6. The number of hydrogen-bond donors (Lipinski definition) is 0. The number of pyridine rings is 1. The van der Waals surface area contributed by atoms with Gasteiger partial charge in [0, 0.05) is 44.0 Å². The highest BCUT2D eigenvalue weighted by molar-refractivity contribution is 7.09. The molecule has 0 radical (unpaired) electrons. The van der Waals surface area contributed by atoms with Crippen molar-refractivity contribution in [1.29, 1.82) is 5.26 Å². The molecular formula is C15H16ClN5S. The molecule has 0 bridgehead atoms. The Labute approximate surface area is 138 Å². The molecule has 1 aliphatic rings. The summed E-state index contributed by atoms with van der Waals surface area (Å²) >= 11 is 7.94. The first-order chi connectivity index (χ1) is 10.7. The van der Waals surface area contributed by atoms with Crippen LogP contribution in [0, 0.1) is 11.3 Å². The zero-order chi connectivity index (χ0) is 15.5. The number of thiazole rings is 1. The second-order valence-electron chi connectivity index (χ2n) is 5.21. The maximum atomic E-state index is 8.88. The third-order valence-corrected chi connectivity index (χ3v) is 5.15. The Hall–Kier alpha value is -1.68. The molecule has 3 heterocycles. The summed E-state index contributed by atoms with van der Waals surface area (Å²) in [4.78, 5) is 13.3. The zero-order valence-electron chi connectivity index (χ0n) is 12.2. The summed E-state index contributed by atoms with van der Waals surface area (Å²) in [6.07, 6.45) is 3.43. The molecule has 0 N–H and O–H groups in total. The van der Waals surface area contributed by atoms with Gasteiger partial charge in [-0.25, -0.2) is 9.97 Å². The molecule has 1 aliphatic heterocycles. The van der Waals surface area contributed by atoms with E-state index in [1.54, 1.807) is 23.6 Å². The molecule has 114 valence electrons. The molecule has 0 spiro atoms. The van der Waals surface area contributed by atoms with Crippen molar-refractivity contribution in [3.63, 3.8) is 0 Å². The first kappa shape index (κ1) is 15.2. The molecule has 1 saturated heterocycles. The largest absolute Gasteiger partial charge is 0.353 e. The molecule has 7 heteroatoms. The maximum absolute atomic E-state index is 8.88. The molecule has 3 rings (SSSR count). The van der Waals surface area contributed by atoms with Gasteiger partial charge in [-0.05, 0) is 13.0 Å². The minimum absolute atomic E-state index is 0.339. The number of nitriles is 1. The topological polar surface area (TPSA) is 56.1 Å². The highest BCUT2D eigenvalue weighted by Crippen LogP contribution is 2.27. The van der Waals surface area contributed by atoms with E-state index in [0.717, 1.165) is 37.0 Å². The van der Waals surface area contributed by atoms with E-state index in [-0.39, 0.29) is 0 Å². The molecule has 1 atom stereocenters. The highest BCUT2D eigenvalue weighted by atomic mass is 35.5. The first-order valence-corrected chi connectivity index (χ1v) is 8.39. The van der Waals surface area contributed by atoms with Crippen LogP contribution in [-0.2, 0) is 0 Å². The van der Waals surface area contributed by atoms with E-state index >= 15 is 0 Å². The minimum Gasteiger partial charge on any atom is -0.353 e. The first-order valence-electron chi connectivity index (χ1n) is 7.13. The summed E-state index contributed by atoms with van der Waals surface area (Å²) in [6.45, 7) is 5.82. The van der Waals surface area contributed by atoms with Gasteiger partial charge in [-0.3, -0.25) is 4.90 Å². The average molecular weight is 334 g/mol. The molecule has 22 heavy (non-hydrogen) atoms. The van der Waals surface area contributed by atoms with Crippen molar-refractivity contribution < 1.29 is 0 Å². The van der Waals surface area contributed by atoms with Crippen molar-refractivity contribution in [1.82, 2.24) is 14.9 Å². The molecule has 2 aromatic rings. The van der Waals surface area contributed by atoms with Gasteiger partial charge in [-0.15, -0.1) is 11.3 Å². The fourth-order valence-electron chi connectivity index (χ4n) is 2.64. The van der Waals surface area contributed by atoms with Gasteiger partial charge >= 0.3 is 0 Å². The molecule has 5 nitrogen and oxygen atoms in total. The van der Waals surface area contributed by atoms with Crippen molar-refractivity contribution >= 4 is 28.8 Å². The molecule has 0 amide bonds. The van der Waals surface area contributed by atoms with Crippen LogP contribution in [0.2, 0.25) is 5.02 Å². The van der Waals surface area contributed by atoms with Gasteiger partial charge in [0.1, 0.15) is 16.9 Å². The normalized spacial score (nSPS) is 17.2. The fraction of sp³-hybridized carbons (Fsp3) is 0.400. The Kier molecular flexibility index (Phi) is 4.57. The van der Waals surface area contributed by atoms with Crippen LogP contribution in [-0.4, -0.2) is 41.0 Å². The van der Waals surface area contributed by atoms with Crippen LogP contribution in [0.3, 0.4) is 0 Å². The number of nitrogens with zero attached hydrogens (tertiary/aromatic N) is 5. The van der Waals surface area contributed by atoms with E-state index in [4.69, 9.17) is 16.9 Å². The van der Waals surface area contributed by atoms with Gasteiger partial charge in [0.25, 0.3) is 0 Å². The number of rotatable bonds is 3. The Balaban J connectivity index is 1.66. The standard InChI is InChI=1S/C15H16ClN5S/c1-11(15-18-2-7-22-15)20-3-5-21(6-4-20)14-13(16)8-12(9-17)10-19-14/h2,7-8,10-11H,3-6H2,1H3. The van der Waals surface area contributed by atoms with E-state index in [9.17, 15) is 0 Å². The Bertz CT molecular complexity index is 674. The van der Waals surface area contributed by atoms with E-state index in [0.29, 0.717) is 16.6 Å². The molecule has 2 aromatic heterocycles. The summed E-state index contributed by atoms with van der Waals surface area (Å²) in [6, 6.07) is 4.07. The summed E-state index contributed by atoms with van der Waals surface area (Å²) < 4.78 is 0. The number of halogens is 1. The van der Waals surface area contributed by atoms with Crippen molar-refractivity contribution in [3.05, 3.63) is 39.4 Å². The minimum atomic E-state index is 0.339. The lowest BCUT2D eigenvalue weighted by molar-refractivity contribution is 0.198. The van der Waals surface area contributed by atoms with E-state index in [2.05, 4.69) is 32.8 Å². The molecule has 1 unspecified atom stereocenters. The predicted octanol–water partition coefficient (Wildman–Crippen LogP) is 2.95. The lowest BCUT2D eigenvalue weighted by Gasteiger charge is -2.38. The van der Waals surface area contributed by atoms with Gasteiger partial charge in [0.05, 0.1) is 16.6 Å². The maximum Gasteiger partial charge on any atom is 0.147 e. The van der Waals surface area contributed by atoms with Gasteiger partial charge in [0.15, 0.2) is 0 Å². The predicted molar refractivity (Wildman–Crippen MR) is 88.3 cm³/mol. The summed E-state index contributed by atoms with van der Waals surface area (Å²) in [5.74, 6) is 0.766. The third kappa shape index (κ3) is 3.07. The van der Waals surface area contributed by atoms with Crippen molar-refractivity contribution in [2.45, 2.75) is 13.0 Å². The lowest BCUT2D eigenvalue weighted by atomic mass is 10.2. The average Bonchev–Trinajstić information content (AvgIpc) is 3.08. The third-order valence-electron chi connectivity index (χ3n) is 3.92. The fourth-order valence-corrected chi connectivity index (χ4v) is 3.66. The van der Waals surface area contributed by atoms with Crippen LogP contribution in [0.15, 0.2) is 23.8 Å². The van der Waals surface area contributed by atoms with E-state index in [1.165, 1.54) is 0 Å². The van der Waals surface area contributed by atoms with Crippen LogP contribution in [0.5, 0.6) is 0 Å². The van der Waals surface area contributed by atoms with Crippen molar-refractivity contribution in [2.24, 2.45) is 0 Å². The second-order valence-corrected chi connectivity index (χ2v) is 6.54. The van der Waals surface area contributed by atoms with Gasteiger partial charge in [-0.2, -0.15) is 5.26 Å². The van der Waals surface area contributed by atoms with Crippen LogP contribution < -0.4 is 4.90 Å². The number of aromatic nitrogens is 2. The van der Waals surface area contributed by atoms with Gasteiger partial charge < -0.3 is 4.90 Å². The van der Waals surface area contributed by atoms with E-state index in [1.807, 2.05) is 11.6 Å². The summed E-state index contributed by atoms with van der Waals surface area (Å²) in [5.41, 5.74) is 0.491. The Morgan fingerprint density at radius 3 is 2.68 bits per heavy atom. The zero-order valence-corrected chi connectivity index (χ0v) is 13.8. The van der Waals surface area contributed by atoms with Crippen molar-refractivity contribution in [2.75, 3.05) is 31.1 Å². The molecule has 0 aromatic carbocycles. The Morgan fingerprint density at radius 1 is 1.32 bits per heavy atom. The van der Waals surface area contributed by atoms with Gasteiger partial charge in [0.2, 0.25) is 0 Å². The second kappa shape index (κ2) is 6.61. The lowest BCUT2D eigenvalue weighted by Crippen LogP contribution is -2.47. The van der Waals surface area contributed by atoms with E-state index < -0.39 is 0 Å². The van der Waals surface area contributed by atoms with Gasteiger partial charge in [-0.1, -0.05) is 11.6 Å². The molecule has 0 aliphatic carbocycles. The molecule has 0 saturated carbocycles. The van der Waals surface area contributed by atoms with Crippen LogP contribution >= 0.6 is 22.9 Å². The quantitative estimate of drug-likeness (QED) is 0.864. The summed E-state index contributed by atoms with van der Waals surface area (Å²) in [7, 11) is 0. The Morgan fingerprint density at radius 2 is 2.09 bits per heavy atom. The van der Waals surface area contributed by atoms with Crippen LogP contribution in [0.25, 0.3) is 0 Å². The number of piperazine rings is 1. The number of hydrogen-bond acceptors (Lipinski definition) is 6. The molecule has 1 fully saturated rings. The monoisotopic (exact) mass is 333 g/mol. The smallest absolute Gasteiger partial charge is 0.147 e. The molecular weight excluding hydrogens is 318 g/mol. The van der Waals surface area contributed by atoms with Crippen LogP contribution in [0.4, 0.5) is 5.82 Å². The number of anilines is 1.